The molecule has 2 aromatic rings. The van der Waals surface area contributed by atoms with Crippen LogP contribution in [0.4, 0.5) is 5.69 Å². The van der Waals surface area contributed by atoms with Gasteiger partial charge in [0, 0.05) is 5.56 Å². The number of nitrogens with zero attached hydrogens (tertiary/aromatic N) is 1. The van der Waals surface area contributed by atoms with Crippen molar-refractivity contribution in [3.05, 3.63) is 60.2 Å². The molecule has 0 N–H and O–H groups in total. The fourth-order valence-electron chi connectivity index (χ4n) is 1.41. The zero-order chi connectivity index (χ0) is 12.1. The van der Waals surface area contributed by atoms with Gasteiger partial charge >= 0.3 is 0 Å². The second-order valence-electron chi connectivity index (χ2n) is 3.47. The van der Waals surface area contributed by atoms with Crippen LogP contribution in [0.15, 0.2) is 59.6 Å². The molecule has 2 rings (SSSR count). The summed E-state index contributed by atoms with van der Waals surface area (Å²) in [6, 6.07) is 17.1. The Hall–Kier alpha value is -1.80. The molecule has 0 saturated carbocycles. The molecule has 0 amide bonds. The monoisotopic (exact) mass is 245 g/mol. The quantitative estimate of drug-likeness (QED) is 0.749. The van der Waals surface area contributed by atoms with E-state index in [-0.39, 0.29) is 0 Å². The van der Waals surface area contributed by atoms with E-state index in [9.17, 15) is 0 Å². The average Bonchev–Trinajstić information content (AvgIpc) is 2.40. The van der Waals surface area contributed by atoms with Gasteiger partial charge in [0.25, 0.3) is 0 Å². The predicted molar refractivity (Wildman–Crippen MR) is 71.5 cm³/mol. The first-order valence-corrected chi connectivity index (χ1v) is 5.61. The van der Waals surface area contributed by atoms with Crippen LogP contribution in [0.1, 0.15) is 5.56 Å². The Morgan fingerprint density at radius 3 is 2.24 bits per heavy atom. The lowest BCUT2D eigenvalue weighted by molar-refractivity contribution is 0.415. The summed E-state index contributed by atoms with van der Waals surface area (Å²) in [7, 11) is 1.63. The molecule has 2 nitrogen and oxygen atoms in total. The highest BCUT2D eigenvalue weighted by molar-refractivity contribution is 6.69. The van der Waals surface area contributed by atoms with Crippen molar-refractivity contribution in [3.8, 4) is 5.75 Å². The first kappa shape index (κ1) is 11.7. The molecule has 0 aliphatic rings. The van der Waals surface area contributed by atoms with Crippen LogP contribution >= 0.6 is 11.6 Å². The third-order valence-corrected chi connectivity index (χ3v) is 2.61. The van der Waals surface area contributed by atoms with E-state index in [0.717, 1.165) is 17.0 Å². The third-order valence-electron chi connectivity index (χ3n) is 2.31. The summed E-state index contributed by atoms with van der Waals surface area (Å²) >= 11 is 6.15. The summed E-state index contributed by atoms with van der Waals surface area (Å²) in [6.45, 7) is 0. The lowest BCUT2D eigenvalue weighted by Crippen LogP contribution is -1.91. The van der Waals surface area contributed by atoms with E-state index in [0.29, 0.717) is 5.17 Å². The van der Waals surface area contributed by atoms with Crippen LogP contribution in [0.5, 0.6) is 5.75 Å². The molecule has 0 atom stereocenters. The highest BCUT2D eigenvalue weighted by Gasteiger charge is 2.00. The normalized spacial score (nSPS) is 11.3. The number of rotatable bonds is 3. The molecule has 0 aromatic heterocycles. The highest BCUT2D eigenvalue weighted by atomic mass is 35.5. The van der Waals surface area contributed by atoms with Gasteiger partial charge in [-0.05, 0) is 36.4 Å². The zero-order valence-corrected chi connectivity index (χ0v) is 10.2. The van der Waals surface area contributed by atoms with Gasteiger partial charge in [-0.15, -0.1) is 0 Å². The average molecular weight is 246 g/mol. The minimum Gasteiger partial charge on any atom is -0.497 e. The van der Waals surface area contributed by atoms with Crippen molar-refractivity contribution in [1.82, 2.24) is 0 Å². The Morgan fingerprint density at radius 1 is 1.00 bits per heavy atom. The summed E-state index contributed by atoms with van der Waals surface area (Å²) < 4.78 is 5.08. The number of para-hydroxylation sites is 1. The van der Waals surface area contributed by atoms with E-state index in [1.54, 1.807) is 7.11 Å². The number of hydrogen-bond donors (Lipinski definition) is 0. The van der Waals surface area contributed by atoms with Crippen molar-refractivity contribution in [2.24, 2.45) is 4.99 Å². The van der Waals surface area contributed by atoms with E-state index in [2.05, 4.69) is 4.99 Å². The number of hydrogen-bond acceptors (Lipinski definition) is 2. The predicted octanol–water partition coefficient (Wildman–Crippen LogP) is 4.01. The van der Waals surface area contributed by atoms with Gasteiger partial charge in [0.1, 0.15) is 10.9 Å². The van der Waals surface area contributed by atoms with Gasteiger partial charge in [-0.25, -0.2) is 4.99 Å². The molecule has 0 aliphatic carbocycles. The summed E-state index contributed by atoms with van der Waals surface area (Å²) in [5.41, 5.74) is 1.71. The molecule has 17 heavy (non-hydrogen) atoms. The maximum atomic E-state index is 6.15. The largest absolute Gasteiger partial charge is 0.497 e. The van der Waals surface area contributed by atoms with Crippen LogP contribution in [-0.4, -0.2) is 12.3 Å². The topological polar surface area (TPSA) is 21.6 Å². The Labute approximate surface area is 106 Å². The molecule has 0 radical (unpaired) electrons. The van der Waals surface area contributed by atoms with Crippen molar-refractivity contribution in [3.63, 3.8) is 0 Å². The second-order valence-corrected chi connectivity index (χ2v) is 3.82. The van der Waals surface area contributed by atoms with Gasteiger partial charge in [0.15, 0.2) is 0 Å². The molecule has 3 heteroatoms. The van der Waals surface area contributed by atoms with Crippen molar-refractivity contribution >= 4 is 22.5 Å². The minimum atomic E-state index is 0.471. The molecule has 86 valence electrons. The Morgan fingerprint density at radius 2 is 1.65 bits per heavy atom. The SMILES string of the molecule is COc1ccc(C(Cl)=Nc2ccccc2)cc1. The summed E-state index contributed by atoms with van der Waals surface area (Å²) in [5, 5.41) is 0.471. The zero-order valence-electron chi connectivity index (χ0n) is 9.43. The molecule has 0 saturated heterocycles. The van der Waals surface area contributed by atoms with Crippen LogP contribution < -0.4 is 4.74 Å². The Bertz CT molecular complexity index is 506. The summed E-state index contributed by atoms with van der Waals surface area (Å²) in [4.78, 5) is 4.33. The number of aliphatic imine (C=N–C) groups is 1. The second kappa shape index (κ2) is 5.51. The minimum absolute atomic E-state index is 0.471. The maximum Gasteiger partial charge on any atom is 0.136 e. The van der Waals surface area contributed by atoms with Gasteiger partial charge in [0.2, 0.25) is 0 Å². The summed E-state index contributed by atoms with van der Waals surface area (Å²) in [6.07, 6.45) is 0. The van der Waals surface area contributed by atoms with Gasteiger partial charge in [-0.3, -0.25) is 0 Å². The Kier molecular flexibility index (Phi) is 3.78. The molecule has 0 unspecified atom stereocenters. The molecule has 0 spiro atoms. The highest BCUT2D eigenvalue weighted by Crippen LogP contribution is 2.17. The molecular weight excluding hydrogens is 234 g/mol. The third kappa shape index (κ3) is 3.08. The first-order valence-electron chi connectivity index (χ1n) is 5.23. The van der Waals surface area contributed by atoms with Crippen molar-refractivity contribution < 1.29 is 4.74 Å². The van der Waals surface area contributed by atoms with Crippen LogP contribution in [-0.2, 0) is 0 Å². The van der Waals surface area contributed by atoms with Gasteiger partial charge in [0.05, 0.1) is 12.8 Å². The molecule has 0 bridgehead atoms. The lowest BCUT2D eigenvalue weighted by atomic mass is 10.2. The molecule has 0 aliphatic heterocycles. The van der Waals surface area contributed by atoms with Crippen LogP contribution in [0.3, 0.4) is 0 Å². The van der Waals surface area contributed by atoms with E-state index in [4.69, 9.17) is 16.3 Å². The van der Waals surface area contributed by atoms with Crippen molar-refractivity contribution in [2.45, 2.75) is 0 Å². The first-order chi connectivity index (χ1) is 8.29. The molecule has 2 aromatic carbocycles. The van der Waals surface area contributed by atoms with Crippen LogP contribution in [0.2, 0.25) is 0 Å². The number of benzene rings is 2. The number of halogens is 1. The number of ether oxygens (including phenoxy) is 1. The van der Waals surface area contributed by atoms with Crippen molar-refractivity contribution in [2.75, 3.05) is 7.11 Å². The van der Waals surface area contributed by atoms with Crippen molar-refractivity contribution in [1.29, 1.82) is 0 Å². The molecule has 0 fully saturated rings. The summed E-state index contributed by atoms with van der Waals surface area (Å²) in [5.74, 6) is 0.804. The fourth-order valence-corrected chi connectivity index (χ4v) is 1.63. The van der Waals surface area contributed by atoms with E-state index < -0.39 is 0 Å². The standard InChI is InChI=1S/C14H12ClNO/c1-17-13-9-7-11(8-10-13)14(15)16-12-5-3-2-4-6-12/h2-10H,1H3. The van der Waals surface area contributed by atoms with Crippen LogP contribution in [0.25, 0.3) is 0 Å². The lowest BCUT2D eigenvalue weighted by Gasteiger charge is -2.01. The molecule has 0 heterocycles. The number of methoxy groups -OCH3 is 1. The van der Waals surface area contributed by atoms with Gasteiger partial charge in [-0.1, -0.05) is 29.8 Å². The van der Waals surface area contributed by atoms with E-state index in [1.807, 2.05) is 54.6 Å². The van der Waals surface area contributed by atoms with Crippen LogP contribution in [0, 0.1) is 0 Å². The maximum absolute atomic E-state index is 6.15. The smallest absolute Gasteiger partial charge is 0.136 e. The van der Waals surface area contributed by atoms with Gasteiger partial charge in [-0.2, -0.15) is 0 Å². The van der Waals surface area contributed by atoms with E-state index >= 15 is 0 Å². The Balaban J connectivity index is 2.24. The van der Waals surface area contributed by atoms with E-state index in [1.165, 1.54) is 0 Å². The molecular formula is C14H12ClNO. The fraction of sp³-hybridized carbons (Fsp3) is 0.0714. The van der Waals surface area contributed by atoms with Gasteiger partial charge < -0.3 is 4.74 Å².